The second-order valence-electron chi connectivity index (χ2n) is 7.48. The monoisotopic (exact) mass is 455 g/mol. The lowest BCUT2D eigenvalue weighted by Crippen LogP contribution is -2.55. The summed E-state index contributed by atoms with van der Waals surface area (Å²) in [4.78, 5) is 4.26. The van der Waals surface area contributed by atoms with Gasteiger partial charge in [-0.2, -0.15) is 23.3 Å². The summed E-state index contributed by atoms with van der Waals surface area (Å²) < 4.78 is 42.0. The highest BCUT2D eigenvalue weighted by molar-refractivity contribution is 7.14. The summed E-state index contributed by atoms with van der Waals surface area (Å²) >= 11 is 0.932. The van der Waals surface area contributed by atoms with E-state index >= 15 is 0 Å². The summed E-state index contributed by atoms with van der Waals surface area (Å²) in [6.07, 6.45) is -5.69. The van der Waals surface area contributed by atoms with E-state index in [9.17, 15) is 23.4 Å². The van der Waals surface area contributed by atoms with Crippen LogP contribution in [0.2, 0.25) is 0 Å². The molecule has 0 saturated carbocycles. The smallest absolute Gasteiger partial charge is 0.438 e. The van der Waals surface area contributed by atoms with Gasteiger partial charge in [-0.25, -0.2) is 4.98 Å². The van der Waals surface area contributed by atoms with Gasteiger partial charge >= 0.3 is 6.18 Å². The van der Waals surface area contributed by atoms with Gasteiger partial charge in [0.05, 0.1) is 17.8 Å². The van der Waals surface area contributed by atoms with E-state index in [-0.39, 0.29) is 16.6 Å². The van der Waals surface area contributed by atoms with Crippen LogP contribution >= 0.6 is 11.3 Å². The fourth-order valence-corrected chi connectivity index (χ4v) is 4.51. The highest BCUT2D eigenvalue weighted by Crippen LogP contribution is 2.45. The van der Waals surface area contributed by atoms with Crippen molar-refractivity contribution in [2.24, 2.45) is 5.10 Å². The van der Waals surface area contributed by atoms with Crippen molar-refractivity contribution in [3.63, 3.8) is 0 Å². The number of thiazole rings is 1. The van der Waals surface area contributed by atoms with Crippen LogP contribution in [-0.2, 0) is 0 Å². The van der Waals surface area contributed by atoms with Gasteiger partial charge < -0.3 is 10.2 Å². The largest absolute Gasteiger partial charge is 0.508 e. The molecule has 9 heteroatoms. The third-order valence-electron chi connectivity index (χ3n) is 5.34. The van der Waals surface area contributed by atoms with Crippen LogP contribution in [0.5, 0.6) is 5.75 Å². The molecule has 0 radical (unpaired) electrons. The van der Waals surface area contributed by atoms with Crippen molar-refractivity contribution in [3.05, 3.63) is 77.7 Å². The Kier molecular flexibility index (Phi) is 4.68. The SMILES string of the molecule is Oc1cccc(-c2csc(N3N=C(c4ccc5ccccc5c4)C[C@]3(O)C(F)(F)F)n2)c1. The topological polar surface area (TPSA) is 69.0 Å². The van der Waals surface area contributed by atoms with Crippen LogP contribution in [0.3, 0.4) is 0 Å². The Bertz CT molecular complexity index is 1350. The van der Waals surface area contributed by atoms with Gasteiger partial charge in [0.1, 0.15) is 5.75 Å². The number of hydrogen-bond donors (Lipinski definition) is 2. The first kappa shape index (κ1) is 20.5. The normalized spacial score (nSPS) is 18.9. The maximum absolute atomic E-state index is 14.0. The number of rotatable bonds is 3. The number of nitrogens with zero attached hydrogens (tertiary/aromatic N) is 3. The minimum atomic E-state index is -4.97. The van der Waals surface area contributed by atoms with E-state index in [1.54, 1.807) is 29.6 Å². The van der Waals surface area contributed by atoms with Gasteiger partial charge in [-0.05, 0) is 34.5 Å². The molecule has 32 heavy (non-hydrogen) atoms. The van der Waals surface area contributed by atoms with Crippen LogP contribution in [0.1, 0.15) is 12.0 Å². The zero-order valence-corrected chi connectivity index (χ0v) is 17.2. The van der Waals surface area contributed by atoms with Crippen LogP contribution in [0.4, 0.5) is 18.3 Å². The summed E-state index contributed by atoms with van der Waals surface area (Å²) in [5, 5.41) is 28.4. The average Bonchev–Trinajstić information content (AvgIpc) is 3.38. The molecule has 1 atom stereocenters. The Balaban J connectivity index is 1.57. The molecule has 5 rings (SSSR count). The molecule has 2 heterocycles. The molecule has 162 valence electrons. The Morgan fingerprint density at radius 3 is 2.47 bits per heavy atom. The fraction of sp³-hybridized carbons (Fsp3) is 0.130. The molecule has 1 aliphatic heterocycles. The van der Waals surface area contributed by atoms with E-state index in [0.717, 1.165) is 22.1 Å². The fourth-order valence-electron chi connectivity index (χ4n) is 3.66. The summed E-state index contributed by atoms with van der Waals surface area (Å²) in [7, 11) is 0. The number of hydrogen-bond acceptors (Lipinski definition) is 6. The Morgan fingerprint density at radius 1 is 0.938 bits per heavy atom. The van der Waals surface area contributed by atoms with E-state index in [1.165, 1.54) is 12.1 Å². The Morgan fingerprint density at radius 2 is 1.72 bits per heavy atom. The molecule has 0 spiro atoms. The average molecular weight is 455 g/mol. The highest BCUT2D eigenvalue weighted by Gasteiger charge is 2.62. The van der Waals surface area contributed by atoms with Crippen molar-refractivity contribution in [1.82, 2.24) is 4.98 Å². The number of aromatic nitrogens is 1. The molecule has 5 nitrogen and oxygen atoms in total. The van der Waals surface area contributed by atoms with Gasteiger partial charge in [-0.15, -0.1) is 11.3 Å². The number of benzene rings is 3. The third-order valence-corrected chi connectivity index (χ3v) is 6.15. The van der Waals surface area contributed by atoms with Gasteiger partial charge in [0.25, 0.3) is 5.72 Å². The highest BCUT2D eigenvalue weighted by atomic mass is 32.1. The predicted molar refractivity (Wildman–Crippen MR) is 118 cm³/mol. The van der Waals surface area contributed by atoms with E-state index < -0.39 is 18.3 Å². The molecule has 0 aliphatic carbocycles. The quantitative estimate of drug-likeness (QED) is 0.426. The molecule has 1 aliphatic rings. The second kappa shape index (κ2) is 7.32. The zero-order chi connectivity index (χ0) is 22.5. The minimum absolute atomic E-state index is 0.0154. The van der Waals surface area contributed by atoms with E-state index in [1.807, 2.05) is 30.3 Å². The first-order valence-electron chi connectivity index (χ1n) is 9.65. The second-order valence-corrected chi connectivity index (χ2v) is 8.31. The van der Waals surface area contributed by atoms with Gasteiger partial charge in [0.15, 0.2) is 0 Å². The molecule has 0 unspecified atom stereocenters. The van der Waals surface area contributed by atoms with Crippen molar-refractivity contribution < 1.29 is 23.4 Å². The zero-order valence-electron chi connectivity index (χ0n) is 16.4. The van der Waals surface area contributed by atoms with Gasteiger partial charge in [0, 0.05) is 10.9 Å². The van der Waals surface area contributed by atoms with E-state index in [4.69, 9.17) is 0 Å². The number of phenolic OH excluding ortho intramolecular Hbond substituents is 1. The molecular weight excluding hydrogens is 439 g/mol. The molecule has 0 fully saturated rings. The first-order valence-corrected chi connectivity index (χ1v) is 10.5. The lowest BCUT2D eigenvalue weighted by molar-refractivity contribution is -0.254. The maximum atomic E-state index is 14.0. The maximum Gasteiger partial charge on any atom is 0.438 e. The standard InChI is InChI=1S/C23H16F3N3O2S/c24-23(25,26)22(31)12-19(17-9-8-14-4-1-2-5-15(14)10-17)28-29(22)21-27-20(13-32-21)16-6-3-7-18(30)11-16/h1-11,13,30-31H,12H2/t22-/m0/s1. The number of hydrazone groups is 1. The number of alkyl halides is 3. The lowest BCUT2D eigenvalue weighted by Gasteiger charge is -2.32. The molecule has 1 aromatic heterocycles. The van der Waals surface area contributed by atoms with Gasteiger partial charge in [-0.1, -0.05) is 48.5 Å². The van der Waals surface area contributed by atoms with Crippen LogP contribution in [-0.4, -0.2) is 32.8 Å². The van der Waals surface area contributed by atoms with Crippen LogP contribution in [0, 0.1) is 0 Å². The molecule has 0 amide bonds. The molecule has 3 aromatic carbocycles. The third kappa shape index (κ3) is 3.39. The van der Waals surface area contributed by atoms with E-state index in [2.05, 4.69) is 10.1 Å². The van der Waals surface area contributed by atoms with Gasteiger partial charge in [-0.3, -0.25) is 0 Å². The van der Waals surface area contributed by atoms with Crippen molar-refractivity contribution in [2.75, 3.05) is 5.01 Å². The van der Waals surface area contributed by atoms with Crippen molar-refractivity contribution >= 4 is 33.0 Å². The number of phenols is 1. The number of aliphatic hydroxyl groups is 1. The Labute approximate surface area is 184 Å². The van der Waals surface area contributed by atoms with Gasteiger partial charge in [0.2, 0.25) is 5.13 Å². The van der Waals surface area contributed by atoms with Crippen LogP contribution in [0.25, 0.3) is 22.0 Å². The number of aromatic hydroxyl groups is 1. The van der Waals surface area contributed by atoms with Crippen LogP contribution in [0.15, 0.2) is 77.2 Å². The van der Waals surface area contributed by atoms with E-state index in [0.29, 0.717) is 21.8 Å². The summed E-state index contributed by atoms with van der Waals surface area (Å²) in [6, 6.07) is 19.0. The molecule has 0 bridgehead atoms. The number of fused-ring (bicyclic) bond motifs is 1. The minimum Gasteiger partial charge on any atom is -0.508 e. The summed E-state index contributed by atoms with van der Waals surface area (Å²) in [6.45, 7) is 0. The van der Waals surface area contributed by atoms with Crippen molar-refractivity contribution in [2.45, 2.75) is 18.3 Å². The predicted octanol–water partition coefficient (Wildman–Crippen LogP) is 5.53. The molecule has 4 aromatic rings. The number of anilines is 1. The lowest BCUT2D eigenvalue weighted by atomic mass is 9.98. The first-order chi connectivity index (χ1) is 15.2. The van der Waals surface area contributed by atoms with Crippen molar-refractivity contribution in [3.8, 4) is 17.0 Å². The summed E-state index contributed by atoms with van der Waals surface area (Å²) in [5.41, 5.74) is -1.69. The summed E-state index contributed by atoms with van der Waals surface area (Å²) in [5.74, 6) is 0.0154. The molecular formula is C23H16F3N3O2S. The molecule has 0 saturated heterocycles. The Hall–Kier alpha value is -3.43. The van der Waals surface area contributed by atoms with Crippen molar-refractivity contribution in [1.29, 1.82) is 0 Å². The number of halogens is 3. The van der Waals surface area contributed by atoms with Crippen LogP contribution < -0.4 is 5.01 Å². The molecule has 2 N–H and O–H groups in total.